The van der Waals surface area contributed by atoms with E-state index in [4.69, 9.17) is 0 Å². The van der Waals surface area contributed by atoms with Gasteiger partial charge in [0.05, 0.1) is 0 Å². The fourth-order valence-electron chi connectivity index (χ4n) is 11.9. The van der Waals surface area contributed by atoms with E-state index in [1.54, 1.807) is 0 Å². The molecule has 0 atom stereocenters. The van der Waals surface area contributed by atoms with Crippen molar-refractivity contribution in [2.45, 2.75) is 155 Å². The van der Waals surface area contributed by atoms with Crippen LogP contribution in [0.5, 0.6) is 0 Å². The summed E-state index contributed by atoms with van der Waals surface area (Å²) >= 11 is 13.9. The van der Waals surface area contributed by atoms with Gasteiger partial charge in [-0.15, -0.1) is 0 Å². The number of alkyl halides is 4. The molecule has 0 aliphatic heterocycles. The summed E-state index contributed by atoms with van der Waals surface area (Å²) in [5, 5.41) is 3.87. The number of halogens is 8. The van der Waals surface area contributed by atoms with Crippen LogP contribution in [-0.4, -0.2) is 21.3 Å². The van der Waals surface area contributed by atoms with Crippen LogP contribution in [0.1, 0.15) is 192 Å². The molecule has 0 unspecified atom stereocenters. The molecule has 112 heavy (non-hydrogen) atoms. The van der Waals surface area contributed by atoms with Gasteiger partial charge in [-0.1, -0.05) is 280 Å². The zero-order valence-corrected chi connectivity index (χ0v) is 76.4. The van der Waals surface area contributed by atoms with Crippen LogP contribution in [0.25, 0.3) is 0 Å². The van der Waals surface area contributed by atoms with Gasteiger partial charge >= 0.3 is 0 Å². The van der Waals surface area contributed by atoms with Crippen LogP contribution in [0.3, 0.4) is 0 Å². The fraction of sp³-hybridized carbons (Fsp3) is 0.280. The van der Waals surface area contributed by atoms with Gasteiger partial charge in [0.25, 0.3) is 0 Å². The molecule has 4 heterocycles. The number of hydrogen-bond acceptors (Lipinski definition) is 0. The third-order valence-corrected chi connectivity index (χ3v) is 19.6. The average molecular weight is 1990 g/mol. The second kappa shape index (κ2) is 58.1. The van der Waals surface area contributed by atoms with E-state index in [9.17, 15) is 0 Å². The molecule has 10 rings (SSSR count). The first-order chi connectivity index (χ1) is 53.4. The van der Waals surface area contributed by atoms with E-state index in [1.807, 2.05) is 0 Å². The van der Waals surface area contributed by atoms with Crippen LogP contribution in [0.2, 0.25) is 0 Å². The molecular weight excluding hydrogens is 1900 g/mol. The lowest BCUT2D eigenvalue weighted by atomic mass is 9.98. The number of pyridine rings is 4. The smallest absolute Gasteiger partial charge is 0.172 e. The van der Waals surface area contributed by atoms with E-state index < -0.39 is 0 Å². The van der Waals surface area contributed by atoms with Crippen molar-refractivity contribution in [1.29, 1.82) is 0 Å². The standard InChI is InChI=1S/C74H70N4.C26H26Br4.4BrH/c1-9-29-63(30-10-1)53-67-37-25-49-75(59-67)45-21-5-17-41-71-57-73(43-19-7-23-47-77-51-27-39-69(61-77)55-65-33-13-3-14-34-65)74(44-20-8-24-48-78-52-28-40-70(62-78)56-66-35-15-4-16-36-66)58-72(71)42-18-6-22-46-76-50-26-38-68(60-76)54-64-31-11-2-12-32-64;27-17-9-1-5-13-23-21-25(15-7-3-11-19-29)26(16-8-4-12-20-30)22-24(23)14-6-2-10-18-28;;;;/h1-4,9-16,25-40,49-52,57-62H,5-8,21-24,45-48,53-56H2;21-22H,1-4,9-12,17-20H2;4*1H/q+4;;;;;/p-4. The molecule has 0 fully saturated rings. The quantitative estimate of drug-likeness (QED) is 0.0203. The van der Waals surface area contributed by atoms with Crippen molar-refractivity contribution in [3.05, 3.63) is 333 Å². The fourth-order valence-corrected chi connectivity index (χ4v) is 13.0. The van der Waals surface area contributed by atoms with Crippen LogP contribution in [0.15, 0.2) is 244 Å². The second-order valence-electron chi connectivity index (χ2n) is 26.3. The predicted octanol–water partition coefficient (Wildman–Crippen LogP) is 8.34. The number of unbranched alkanes of at least 4 members (excludes halogenated alkanes) is 8. The van der Waals surface area contributed by atoms with Gasteiger partial charge in [-0.3, -0.25) is 0 Å². The van der Waals surface area contributed by atoms with Crippen molar-refractivity contribution in [2.24, 2.45) is 0 Å². The molecule has 0 N–H and O–H groups in total. The van der Waals surface area contributed by atoms with E-state index in [0.29, 0.717) is 0 Å². The van der Waals surface area contributed by atoms with E-state index in [0.717, 1.165) is 220 Å². The minimum Gasteiger partial charge on any atom is -1.00 e. The van der Waals surface area contributed by atoms with Gasteiger partial charge in [-0.2, -0.15) is 0 Å². The molecule has 10 aromatic rings. The number of hydrogen-bond donors (Lipinski definition) is 0. The van der Waals surface area contributed by atoms with Crippen molar-refractivity contribution in [3.8, 4) is 94.7 Å². The van der Waals surface area contributed by atoms with Crippen LogP contribution >= 0.6 is 63.7 Å². The Balaban J connectivity index is 0.000000560. The average Bonchev–Trinajstić information content (AvgIpc) is 0.828. The highest BCUT2D eigenvalue weighted by Crippen LogP contribution is 2.20. The third-order valence-electron chi connectivity index (χ3n) is 17.4. The molecule has 0 radical (unpaired) electrons. The largest absolute Gasteiger partial charge is 1.00 e. The van der Waals surface area contributed by atoms with Crippen LogP contribution in [0, 0.1) is 94.7 Å². The molecule has 0 saturated heterocycles. The van der Waals surface area contributed by atoms with E-state index in [-0.39, 0.29) is 67.9 Å². The Morgan fingerprint density at radius 2 is 0.375 bits per heavy atom. The Morgan fingerprint density at radius 3 is 0.554 bits per heavy atom. The SMILES string of the molecule is BrCCCC#Cc1cc(C#CCCCBr)c(C#CCCCBr)cc1C#CCCCBr.C(#Cc1cc(C#CCCC[n+]2cccc(Cc3ccccc3)c2)c(C#CCCC[n+]2cccc(Cc3ccccc3)c2)cc1C#CCCC[n+]1cccc(Cc2ccccc2)c1)CCC[n+]1cccc(Cc2ccccc2)c1.[Br-].[Br-].[Br-].[Br-]. The maximum Gasteiger partial charge on any atom is 0.172 e. The minimum atomic E-state index is 0. The molecule has 4 nitrogen and oxygen atoms in total. The Hall–Kier alpha value is -7.76. The molecule has 0 saturated carbocycles. The van der Waals surface area contributed by atoms with Gasteiger partial charge in [0.2, 0.25) is 0 Å². The number of aromatic nitrogens is 4. The maximum atomic E-state index is 3.58. The van der Waals surface area contributed by atoms with E-state index in [1.165, 1.54) is 44.5 Å². The summed E-state index contributed by atoms with van der Waals surface area (Å²) in [6.07, 6.45) is 35.8. The summed E-state index contributed by atoms with van der Waals surface area (Å²) in [5.74, 6) is 54.9. The van der Waals surface area contributed by atoms with Crippen molar-refractivity contribution >= 4 is 63.7 Å². The molecule has 0 aliphatic rings. The molecule has 6 aromatic carbocycles. The molecule has 0 amide bonds. The third kappa shape index (κ3) is 37.0. The normalized spacial score (nSPS) is 9.75. The van der Waals surface area contributed by atoms with Crippen molar-refractivity contribution in [1.82, 2.24) is 0 Å². The Morgan fingerprint density at radius 1 is 0.205 bits per heavy atom. The Kier molecular flexibility index (Phi) is 49.2. The Bertz CT molecular complexity index is 4390. The summed E-state index contributed by atoms with van der Waals surface area (Å²) in [4.78, 5) is 0. The Labute approximate surface area is 745 Å². The highest BCUT2D eigenvalue weighted by Gasteiger charge is 2.12. The van der Waals surface area contributed by atoms with E-state index >= 15 is 0 Å². The lowest BCUT2D eigenvalue weighted by molar-refractivity contribution is -0.697. The first kappa shape index (κ1) is 94.8. The topological polar surface area (TPSA) is 15.5 Å². The predicted molar refractivity (Wildman–Crippen MR) is 460 cm³/mol. The van der Waals surface area contributed by atoms with Gasteiger partial charge in [0.15, 0.2) is 49.6 Å². The highest BCUT2D eigenvalue weighted by atomic mass is 79.9. The number of nitrogens with zero attached hydrogens (tertiary/aromatic N) is 4. The summed E-state index contributed by atoms with van der Waals surface area (Å²) in [5.41, 5.74) is 17.9. The zero-order chi connectivity index (χ0) is 74.9. The first-order valence-electron chi connectivity index (χ1n) is 38.0. The molecule has 0 spiro atoms. The monoisotopic (exact) mass is 1980 g/mol. The second-order valence-corrected chi connectivity index (χ2v) is 29.5. The van der Waals surface area contributed by atoms with Crippen LogP contribution < -0.4 is 86.2 Å². The maximum absolute atomic E-state index is 3.58. The molecule has 4 aromatic heterocycles. The summed E-state index contributed by atoms with van der Waals surface area (Å²) in [7, 11) is 0. The molecule has 12 heteroatoms. The van der Waals surface area contributed by atoms with Gasteiger partial charge in [0, 0.05) is 215 Å². The molecule has 0 aliphatic carbocycles. The van der Waals surface area contributed by atoms with Crippen LogP contribution in [-0.2, 0) is 51.9 Å². The summed E-state index contributed by atoms with van der Waals surface area (Å²) in [6, 6.07) is 68.6. The zero-order valence-electron chi connectivity index (χ0n) is 63.7. The van der Waals surface area contributed by atoms with Gasteiger partial charge in [-0.05, 0) is 96.5 Å². The van der Waals surface area contributed by atoms with Crippen molar-refractivity contribution in [2.75, 3.05) is 21.3 Å². The van der Waals surface area contributed by atoms with Crippen molar-refractivity contribution in [3.63, 3.8) is 0 Å². The molecule has 0 bridgehead atoms. The van der Waals surface area contributed by atoms with Gasteiger partial charge < -0.3 is 67.9 Å². The minimum absolute atomic E-state index is 0. The molecule has 572 valence electrons. The highest BCUT2D eigenvalue weighted by molar-refractivity contribution is 9.09. The lowest BCUT2D eigenvalue weighted by Crippen LogP contribution is -3.00. The lowest BCUT2D eigenvalue weighted by Gasteiger charge is -2.04. The summed E-state index contributed by atoms with van der Waals surface area (Å²) in [6.45, 7) is 3.59. The van der Waals surface area contributed by atoms with Crippen LogP contribution in [0.4, 0.5) is 0 Å². The number of aryl methyl sites for hydroxylation is 4. The van der Waals surface area contributed by atoms with E-state index in [2.05, 4.69) is 420 Å². The van der Waals surface area contributed by atoms with Gasteiger partial charge in [0.1, 0.15) is 26.2 Å². The van der Waals surface area contributed by atoms with Crippen molar-refractivity contribution < 1.29 is 86.2 Å². The summed E-state index contributed by atoms with van der Waals surface area (Å²) < 4.78 is 9.16. The molecular formula is C100H96Br8N4. The number of benzene rings is 6. The number of rotatable bonds is 28. The first-order valence-corrected chi connectivity index (χ1v) is 42.5. The van der Waals surface area contributed by atoms with Gasteiger partial charge in [-0.25, -0.2) is 18.3 Å².